The Bertz CT molecular complexity index is 364. The largest absolute Gasteiger partial charge is 0.395 e. The van der Waals surface area contributed by atoms with Gasteiger partial charge >= 0.3 is 0 Å². The third-order valence-electron chi connectivity index (χ3n) is 3.52. The van der Waals surface area contributed by atoms with E-state index in [0.29, 0.717) is 24.3 Å². The molecular formula is C12H21N3O2. The van der Waals surface area contributed by atoms with Gasteiger partial charge in [-0.15, -0.1) is 0 Å². The van der Waals surface area contributed by atoms with Crippen LogP contribution in [0.4, 0.5) is 0 Å². The predicted molar refractivity (Wildman–Crippen MR) is 63.5 cm³/mol. The maximum Gasteiger partial charge on any atom is 0.240 e. The molecule has 1 saturated heterocycles. The normalized spacial score (nSPS) is 25.9. The quantitative estimate of drug-likeness (QED) is 0.860. The Hall–Kier alpha value is -0.940. The average Bonchev–Trinajstić information content (AvgIpc) is 2.87. The van der Waals surface area contributed by atoms with Gasteiger partial charge in [-0.25, -0.2) is 0 Å². The second-order valence-corrected chi connectivity index (χ2v) is 5.19. The van der Waals surface area contributed by atoms with Gasteiger partial charge in [0.05, 0.1) is 13.2 Å². The van der Waals surface area contributed by atoms with Crippen molar-refractivity contribution in [1.82, 2.24) is 15.0 Å². The average molecular weight is 239 g/mol. The van der Waals surface area contributed by atoms with Gasteiger partial charge in [0, 0.05) is 12.0 Å². The monoisotopic (exact) mass is 239 g/mol. The van der Waals surface area contributed by atoms with Crippen LogP contribution in [0.25, 0.3) is 0 Å². The first kappa shape index (κ1) is 12.5. The number of aliphatic hydroxyl groups is 1. The summed E-state index contributed by atoms with van der Waals surface area (Å²) in [7, 11) is 0. The zero-order valence-corrected chi connectivity index (χ0v) is 10.8. The van der Waals surface area contributed by atoms with E-state index in [0.717, 1.165) is 18.8 Å². The van der Waals surface area contributed by atoms with Gasteiger partial charge in [0.15, 0.2) is 5.82 Å². The van der Waals surface area contributed by atoms with Gasteiger partial charge in [-0.1, -0.05) is 25.9 Å². The summed E-state index contributed by atoms with van der Waals surface area (Å²) in [4.78, 5) is 6.59. The third-order valence-corrected chi connectivity index (χ3v) is 3.52. The maximum atomic E-state index is 9.37. The molecule has 0 aliphatic carbocycles. The van der Waals surface area contributed by atoms with Crippen molar-refractivity contribution in [3.8, 4) is 0 Å². The van der Waals surface area contributed by atoms with Crippen molar-refractivity contribution >= 4 is 0 Å². The summed E-state index contributed by atoms with van der Waals surface area (Å²) < 4.78 is 5.23. The van der Waals surface area contributed by atoms with E-state index in [1.54, 1.807) is 0 Å². The lowest BCUT2D eigenvalue weighted by molar-refractivity contribution is 0.123. The fourth-order valence-corrected chi connectivity index (χ4v) is 2.32. The lowest BCUT2D eigenvalue weighted by Crippen LogP contribution is -2.34. The molecule has 2 heterocycles. The summed E-state index contributed by atoms with van der Waals surface area (Å²) >= 11 is 0. The summed E-state index contributed by atoms with van der Waals surface area (Å²) in [6.45, 7) is 8.10. The molecule has 0 aromatic carbocycles. The lowest BCUT2D eigenvalue weighted by Gasteiger charge is -2.23. The Morgan fingerprint density at radius 2 is 2.29 bits per heavy atom. The van der Waals surface area contributed by atoms with Crippen molar-refractivity contribution in [2.24, 2.45) is 5.92 Å². The smallest absolute Gasteiger partial charge is 0.240 e. The van der Waals surface area contributed by atoms with Gasteiger partial charge in [0.2, 0.25) is 5.89 Å². The Balaban J connectivity index is 2.00. The van der Waals surface area contributed by atoms with Crippen LogP contribution < -0.4 is 0 Å². The number of hydrogen-bond acceptors (Lipinski definition) is 5. The number of nitrogens with zero attached hydrogens (tertiary/aromatic N) is 3. The van der Waals surface area contributed by atoms with E-state index in [2.05, 4.69) is 22.0 Å². The van der Waals surface area contributed by atoms with Crippen molar-refractivity contribution < 1.29 is 9.63 Å². The SMILES string of the molecule is CC(C)c1noc(CN2CCC(C)C2CO)n1. The summed E-state index contributed by atoms with van der Waals surface area (Å²) in [5, 5.41) is 13.3. The molecular weight excluding hydrogens is 218 g/mol. The fourth-order valence-electron chi connectivity index (χ4n) is 2.32. The second kappa shape index (κ2) is 5.14. The molecule has 5 nitrogen and oxygen atoms in total. The van der Waals surface area contributed by atoms with Gasteiger partial charge in [0.1, 0.15) is 0 Å². The zero-order chi connectivity index (χ0) is 12.4. The molecule has 2 rings (SSSR count). The van der Waals surface area contributed by atoms with E-state index >= 15 is 0 Å². The molecule has 0 bridgehead atoms. The minimum absolute atomic E-state index is 0.201. The Kier molecular flexibility index (Phi) is 3.79. The topological polar surface area (TPSA) is 62.4 Å². The van der Waals surface area contributed by atoms with Crippen molar-refractivity contribution in [3.05, 3.63) is 11.7 Å². The zero-order valence-electron chi connectivity index (χ0n) is 10.8. The Labute approximate surface area is 102 Å². The molecule has 1 fully saturated rings. The van der Waals surface area contributed by atoms with Crippen LogP contribution in [0, 0.1) is 5.92 Å². The van der Waals surface area contributed by atoms with Gasteiger partial charge < -0.3 is 9.63 Å². The van der Waals surface area contributed by atoms with E-state index in [-0.39, 0.29) is 12.6 Å². The van der Waals surface area contributed by atoms with Crippen LogP contribution in [0.15, 0.2) is 4.52 Å². The first-order chi connectivity index (χ1) is 8.11. The lowest BCUT2D eigenvalue weighted by atomic mass is 10.0. The molecule has 1 aliphatic rings. The molecule has 1 aromatic rings. The van der Waals surface area contributed by atoms with Crippen molar-refractivity contribution in [2.45, 2.75) is 45.7 Å². The van der Waals surface area contributed by atoms with E-state index in [1.807, 2.05) is 13.8 Å². The maximum absolute atomic E-state index is 9.37. The molecule has 96 valence electrons. The molecule has 0 spiro atoms. The van der Waals surface area contributed by atoms with E-state index < -0.39 is 0 Å². The molecule has 0 radical (unpaired) electrons. The predicted octanol–water partition coefficient (Wildman–Crippen LogP) is 1.40. The van der Waals surface area contributed by atoms with Gasteiger partial charge in [-0.05, 0) is 18.9 Å². The third kappa shape index (κ3) is 2.66. The molecule has 2 atom stereocenters. The second-order valence-electron chi connectivity index (χ2n) is 5.19. The van der Waals surface area contributed by atoms with Crippen LogP contribution in [0.1, 0.15) is 44.8 Å². The van der Waals surface area contributed by atoms with E-state index in [4.69, 9.17) is 4.52 Å². The highest BCUT2D eigenvalue weighted by Crippen LogP contribution is 2.25. The molecule has 5 heteroatoms. The number of likely N-dealkylation sites (tertiary alicyclic amines) is 1. The summed E-state index contributed by atoms with van der Waals surface area (Å²) in [5.74, 6) is 2.24. The van der Waals surface area contributed by atoms with Crippen LogP contribution in [-0.2, 0) is 6.54 Å². The van der Waals surface area contributed by atoms with Crippen molar-refractivity contribution in [3.63, 3.8) is 0 Å². The van der Waals surface area contributed by atoms with Crippen molar-refractivity contribution in [1.29, 1.82) is 0 Å². The number of aliphatic hydroxyl groups excluding tert-OH is 1. The van der Waals surface area contributed by atoms with Crippen LogP contribution in [-0.4, -0.2) is 39.3 Å². The van der Waals surface area contributed by atoms with Gasteiger partial charge in [-0.2, -0.15) is 4.98 Å². The number of aromatic nitrogens is 2. The van der Waals surface area contributed by atoms with E-state index in [1.165, 1.54) is 0 Å². The Morgan fingerprint density at radius 3 is 2.88 bits per heavy atom. The minimum Gasteiger partial charge on any atom is -0.395 e. The molecule has 1 N–H and O–H groups in total. The van der Waals surface area contributed by atoms with Gasteiger partial charge in [-0.3, -0.25) is 4.90 Å². The van der Waals surface area contributed by atoms with Crippen LogP contribution in [0.5, 0.6) is 0 Å². The molecule has 1 aromatic heterocycles. The highest BCUT2D eigenvalue weighted by molar-refractivity contribution is 4.93. The van der Waals surface area contributed by atoms with Crippen molar-refractivity contribution in [2.75, 3.05) is 13.2 Å². The minimum atomic E-state index is 0.201. The van der Waals surface area contributed by atoms with Gasteiger partial charge in [0.25, 0.3) is 0 Å². The van der Waals surface area contributed by atoms with Crippen LogP contribution in [0.2, 0.25) is 0 Å². The van der Waals surface area contributed by atoms with E-state index in [9.17, 15) is 5.11 Å². The summed E-state index contributed by atoms with van der Waals surface area (Å²) in [6.07, 6.45) is 1.12. The number of rotatable bonds is 4. The first-order valence-electron chi connectivity index (χ1n) is 6.29. The fraction of sp³-hybridized carbons (Fsp3) is 0.833. The highest BCUT2D eigenvalue weighted by atomic mass is 16.5. The van der Waals surface area contributed by atoms with Crippen LogP contribution in [0.3, 0.4) is 0 Å². The number of hydrogen-bond donors (Lipinski definition) is 1. The molecule has 1 aliphatic heterocycles. The summed E-state index contributed by atoms with van der Waals surface area (Å²) in [6, 6.07) is 0.226. The molecule has 2 unspecified atom stereocenters. The standard InChI is InChI=1S/C12H21N3O2/c1-8(2)12-13-11(17-14-12)6-15-5-4-9(3)10(15)7-16/h8-10,16H,4-7H2,1-3H3. The molecule has 0 saturated carbocycles. The molecule has 0 amide bonds. The first-order valence-corrected chi connectivity index (χ1v) is 6.29. The highest BCUT2D eigenvalue weighted by Gasteiger charge is 2.31. The summed E-state index contributed by atoms with van der Waals surface area (Å²) in [5.41, 5.74) is 0. The molecule has 17 heavy (non-hydrogen) atoms. The Morgan fingerprint density at radius 1 is 1.53 bits per heavy atom. The van der Waals surface area contributed by atoms with Crippen LogP contribution >= 0.6 is 0 Å².